The maximum atomic E-state index is 4.86. The largest absolute Gasteiger partial charge is 0.383 e. The van der Waals surface area contributed by atoms with Crippen LogP contribution in [0.4, 0.5) is 0 Å². The van der Waals surface area contributed by atoms with Crippen molar-refractivity contribution in [2.75, 3.05) is 21.1 Å². The number of aromatic nitrogens is 1. The van der Waals surface area contributed by atoms with E-state index in [1.807, 2.05) is 31.3 Å². The van der Waals surface area contributed by atoms with Gasteiger partial charge in [0.05, 0.1) is 5.69 Å². The molecule has 0 aliphatic carbocycles. The molecule has 0 saturated carbocycles. The van der Waals surface area contributed by atoms with Crippen LogP contribution in [0, 0.1) is 6.92 Å². The monoisotopic (exact) mass is 359 g/mol. The number of aliphatic imine (C=N–C) groups is 1. The summed E-state index contributed by atoms with van der Waals surface area (Å²) in [6.45, 7) is 8.13. The number of aryl methyl sites for hydroxylation is 1. The molecule has 0 radical (unpaired) electrons. The Kier molecular flexibility index (Phi) is 7.30. The van der Waals surface area contributed by atoms with Gasteiger partial charge in [-0.05, 0) is 42.2 Å². The van der Waals surface area contributed by atoms with E-state index in [0.29, 0.717) is 0 Å². The van der Waals surface area contributed by atoms with E-state index in [2.05, 4.69) is 74.1 Å². The van der Waals surface area contributed by atoms with Gasteiger partial charge in [0, 0.05) is 50.4 Å². The van der Waals surface area contributed by atoms with Gasteiger partial charge in [-0.25, -0.2) is 0 Å². The van der Waals surface area contributed by atoms with E-state index in [9.17, 15) is 0 Å². The minimum Gasteiger partial charge on any atom is -0.383 e. The van der Waals surface area contributed by atoms with Gasteiger partial charge in [-0.2, -0.15) is 0 Å². The van der Waals surface area contributed by atoms with Gasteiger partial charge in [0.1, 0.15) is 0 Å². The second-order valence-electron chi connectivity index (χ2n) is 6.62. The van der Waals surface area contributed by atoms with Crippen LogP contribution in [-0.4, -0.2) is 37.2 Å². The highest BCUT2D eigenvalue weighted by Crippen LogP contribution is 2.26. The molecule has 1 aromatic heterocycles. The Hall–Kier alpha value is -2.94. The SMILES string of the molecule is C=C/C(=C\N(C)C)c1cccc(-c2ccc(C(/C=N\C)=C/CC)c(C)n2)c1. The number of benzene rings is 1. The molecule has 3 heteroatoms. The third-order valence-corrected chi connectivity index (χ3v) is 4.20. The Morgan fingerprint density at radius 1 is 1.19 bits per heavy atom. The van der Waals surface area contributed by atoms with Crippen molar-refractivity contribution in [2.24, 2.45) is 4.99 Å². The van der Waals surface area contributed by atoms with Crippen LogP contribution < -0.4 is 0 Å². The lowest BCUT2D eigenvalue weighted by Crippen LogP contribution is -2.02. The third kappa shape index (κ3) is 5.27. The third-order valence-electron chi connectivity index (χ3n) is 4.20. The van der Waals surface area contributed by atoms with Crippen molar-refractivity contribution in [1.82, 2.24) is 9.88 Å². The number of allylic oxidation sites excluding steroid dienone is 4. The van der Waals surface area contributed by atoms with Crippen molar-refractivity contribution in [3.05, 3.63) is 78.1 Å². The Morgan fingerprint density at radius 3 is 2.56 bits per heavy atom. The molecule has 0 unspecified atom stereocenters. The zero-order valence-corrected chi connectivity index (χ0v) is 17.0. The lowest BCUT2D eigenvalue weighted by Gasteiger charge is -2.12. The van der Waals surface area contributed by atoms with Gasteiger partial charge >= 0.3 is 0 Å². The molecular formula is C24H29N3. The van der Waals surface area contributed by atoms with Crippen molar-refractivity contribution in [3.8, 4) is 11.3 Å². The van der Waals surface area contributed by atoms with Gasteiger partial charge in [0.15, 0.2) is 0 Å². The van der Waals surface area contributed by atoms with E-state index in [0.717, 1.165) is 45.6 Å². The quantitative estimate of drug-likeness (QED) is 0.473. The molecule has 0 saturated heterocycles. The van der Waals surface area contributed by atoms with Gasteiger partial charge in [0.2, 0.25) is 0 Å². The summed E-state index contributed by atoms with van der Waals surface area (Å²) in [6.07, 6.45) is 9.00. The fraction of sp³-hybridized carbons (Fsp3) is 0.250. The van der Waals surface area contributed by atoms with Crippen LogP contribution >= 0.6 is 0 Å². The molecule has 2 aromatic rings. The Morgan fingerprint density at radius 2 is 1.96 bits per heavy atom. The van der Waals surface area contributed by atoms with Gasteiger partial charge in [-0.1, -0.05) is 49.9 Å². The lowest BCUT2D eigenvalue weighted by atomic mass is 9.99. The number of pyridine rings is 1. The number of hydrogen-bond donors (Lipinski definition) is 0. The van der Waals surface area contributed by atoms with E-state index in [4.69, 9.17) is 4.98 Å². The van der Waals surface area contributed by atoms with E-state index in [1.54, 1.807) is 7.05 Å². The fourth-order valence-electron chi connectivity index (χ4n) is 3.00. The highest BCUT2D eigenvalue weighted by molar-refractivity contribution is 6.10. The van der Waals surface area contributed by atoms with Gasteiger partial charge in [-0.3, -0.25) is 9.98 Å². The predicted octanol–water partition coefficient (Wildman–Crippen LogP) is 5.64. The molecule has 0 aliphatic heterocycles. The average molecular weight is 360 g/mol. The summed E-state index contributed by atoms with van der Waals surface area (Å²) in [5, 5.41) is 0. The number of rotatable bonds is 7. The zero-order valence-electron chi connectivity index (χ0n) is 17.0. The second kappa shape index (κ2) is 9.67. The van der Waals surface area contributed by atoms with Crippen LogP contribution in [0.15, 0.2) is 66.3 Å². The smallest absolute Gasteiger partial charge is 0.0705 e. The Bertz CT molecular complexity index is 886. The predicted molar refractivity (Wildman–Crippen MR) is 119 cm³/mol. The fourth-order valence-corrected chi connectivity index (χ4v) is 3.00. The summed E-state index contributed by atoms with van der Waals surface area (Å²) in [5.74, 6) is 0. The molecule has 1 aromatic carbocycles. The van der Waals surface area contributed by atoms with Crippen molar-refractivity contribution in [1.29, 1.82) is 0 Å². The first-order valence-electron chi connectivity index (χ1n) is 9.22. The summed E-state index contributed by atoms with van der Waals surface area (Å²) in [7, 11) is 5.82. The molecule has 2 rings (SSSR count). The van der Waals surface area contributed by atoms with Crippen LogP contribution in [0.25, 0.3) is 22.4 Å². The molecule has 0 fully saturated rings. The summed E-state index contributed by atoms with van der Waals surface area (Å²) >= 11 is 0. The highest BCUT2D eigenvalue weighted by Gasteiger charge is 2.08. The highest BCUT2D eigenvalue weighted by atomic mass is 15.0. The lowest BCUT2D eigenvalue weighted by molar-refractivity contribution is 0.566. The van der Waals surface area contributed by atoms with Crippen molar-refractivity contribution < 1.29 is 0 Å². The molecule has 0 bridgehead atoms. The summed E-state index contributed by atoms with van der Waals surface area (Å²) in [4.78, 5) is 11.1. The molecule has 27 heavy (non-hydrogen) atoms. The van der Waals surface area contributed by atoms with E-state index < -0.39 is 0 Å². The Labute approximate surface area is 163 Å². The molecule has 0 N–H and O–H groups in total. The van der Waals surface area contributed by atoms with Crippen molar-refractivity contribution in [3.63, 3.8) is 0 Å². The van der Waals surface area contributed by atoms with Gasteiger partial charge < -0.3 is 4.90 Å². The normalized spacial score (nSPS) is 12.5. The molecular weight excluding hydrogens is 330 g/mol. The number of nitrogens with zero attached hydrogens (tertiary/aromatic N) is 3. The molecule has 0 aliphatic rings. The van der Waals surface area contributed by atoms with E-state index >= 15 is 0 Å². The van der Waals surface area contributed by atoms with Crippen LogP contribution in [0.3, 0.4) is 0 Å². The van der Waals surface area contributed by atoms with Crippen LogP contribution in [-0.2, 0) is 0 Å². The average Bonchev–Trinajstić information content (AvgIpc) is 2.66. The summed E-state index contributed by atoms with van der Waals surface area (Å²) in [6, 6.07) is 12.6. The summed E-state index contributed by atoms with van der Waals surface area (Å²) < 4.78 is 0. The topological polar surface area (TPSA) is 28.5 Å². The van der Waals surface area contributed by atoms with Crippen LogP contribution in [0.2, 0.25) is 0 Å². The first-order chi connectivity index (χ1) is 13.0. The second-order valence-corrected chi connectivity index (χ2v) is 6.62. The molecule has 140 valence electrons. The molecule has 0 amide bonds. The molecule has 0 atom stereocenters. The Balaban J connectivity index is 2.45. The van der Waals surface area contributed by atoms with E-state index in [-0.39, 0.29) is 0 Å². The maximum absolute atomic E-state index is 4.86. The first kappa shape index (κ1) is 20.4. The van der Waals surface area contributed by atoms with E-state index in [1.165, 1.54) is 0 Å². The maximum Gasteiger partial charge on any atom is 0.0705 e. The molecule has 3 nitrogen and oxygen atoms in total. The standard InChI is InChI=1S/C24H29N3/c1-7-10-22(16-25-4)23-13-14-24(26-18(23)3)21-12-9-11-20(15-21)19(8-2)17-27(5)6/h8-17H,2,7H2,1,3-6H3/b19-17+,22-10+,25-16-. The van der Waals surface area contributed by atoms with Crippen molar-refractivity contribution >= 4 is 17.4 Å². The zero-order chi connectivity index (χ0) is 19.8. The molecule has 0 spiro atoms. The minimum absolute atomic E-state index is 0.965. The minimum atomic E-state index is 0.965. The van der Waals surface area contributed by atoms with Gasteiger partial charge in [-0.15, -0.1) is 0 Å². The molecule has 1 heterocycles. The first-order valence-corrected chi connectivity index (χ1v) is 9.22. The van der Waals surface area contributed by atoms with Crippen LogP contribution in [0.5, 0.6) is 0 Å². The summed E-state index contributed by atoms with van der Waals surface area (Å²) in [5.41, 5.74) is 7.53. The van der Waals surface area contributed by atoms with Crippen molar-refractivity contribution in [2.45, 2.75) is 20.3 Å². The van der Waals surface area contributed by atoms with Crippen LogP contribution in [0.1, 0.15) is 30.2 Å². The number of hydrogen-bond acceptors (Lipinski definition) is 3. The van der Waals surface area contributed by atoms with Gasteiger partial charge in [0.25, 0.3) is 0 Å².